The number of nitrogens with one attached hydrogen (secondary N) is 1. The summed E-state index contributed by atoms with van der Waals surface area (Å²) in [7, 11) is 0. The molecule has 1 atom stereocenters. The van der Waals surface area contributed by atoms with Crippen molar-refractivity contribution in [1.29, 1.82) is 0 Å². The van der Waals surface area contributed by atoms with Gasteiger partial charge in [0.25, 0.3) is 5.91 Å². The Labute approximate surface area is 177 Å². The lowest BCUT2D eigenvalue weighted by molar-refractivity contribution is 0.0496. The molecular weight excluding hydrogens is 378 g/mol. The maximum absolute atomic E-state index is 13.3. The fourth-order valence-corrected chi connectivity index (χ4v) is 4.46. The van der Waals surface area contributed by atoms with E-state index in [-0.39, 0.29) is 24.2 Å². The van der Waals surface area contributed by atoms with Crippen LogP contribution in [-0.4, -0.2) is 47.5 Å². The molecule has 0 aromatic heterocycles. The van der Waals surface area contributed by atoms with Crippen LogP contribution in [0.1, 0.15) is 53.0 Å². The van der Waals surface area contributed by atoms with Gasteiger partial charge in [-0.15, -0.1) is 0 Å². The van der Waals surface area contributed by atoms with Gasteiger partial charge in [0, 0.05) is 35.9 Å². The number of carbonyl (C=O) groups excluding carboxylic acids is 2. The first-order chi connectivity index (χ1) is 14.5. The summed E-state index contributed by atoms with van der Waals surface area (Å²) < 4.78 is 5.13. The van der Waals surface area contributed by atoms with E-state index in [9.17, 15) is 9.59 Å². The Kier molecular flexibility index (Phi) is 5.66. The van der Waals surface area contributed by atoms with Crippen LogP contribution in [0.4, 0.5) is 10.5 Å². The van der Waals surface area contributed by atoms with Gasteiger partial charge in [0.05, 0.1) is 6.61 Å². The molecule has 2 amide bonds. The van der Waals surface area contributed by atoms with Crippen molar-refractivity contribution in [3.05, 3.63) is 64.7 Å². The van der Waals surface area contributed by atoms with Crippen molar-refractivity contribution in [2.45, 2.75) is 45.8 Å². The first-order valence-corrected chi connectivity index (χ1v) is 10.7. The fraction of sp³-hybridized carbons (Fsp3) is 0.417. The molecule has 1 saturated heterocycles. The van der Waals surface area contributed by atoms with Gasteiger partial charge in [-0.1, -0.05) is 30.3 Å². The number of hydrogen-bond acceptors (Lipinski definition) is 4. The van der Waals surface area contributed by atoms with E-state index in [0.717, 1.165) is 29.7 Å². The number of piperidine rings is 1. The number of amides is 2. The Hall–Kier alpha value is -3.02. The summed E-state index contributed by atoms with van der Waals surface area (Å²) in [5.41, 5.74) is 5.21. The molecule has 0 saturated carbocycles. The van der Waals surface area contributed by atoms with Gasteiger partial charge >= 0.3 is 6.09 Å². The van der Waals surface area contributed by atoms with Gasteiger partial charge in [0.15, 0.2) is 0 Å². The van der Waals surface area contributed by atoms with Gasteiger partial charge in [0.1, 0.15) is 6.17 Å². The summed E-state index contributed by atoms with van der Waals surface area (Å²) in [5.74, 6) is 0.0583. The van der Waals surface area contributed by atoms with Crippen molar-refractivity contribution >= 4 is 17.7 Å². The van der Waals surface area contributed by atoms with Crippen molar-refractivity contribution in [2.75, 3.05) is 25.0 Å². The fourth-order valence-electron chi connectivity index (χ4n) is 4.46. The largest absolute Gasteiger partial charge is 0.450 e. The van der Waals surface area contributed by atoms with Gasteiger partial charge in [-0.2, -0.15) is 0 Å². The Morgan fingerprint density at radius 2 is 1.83 bits per heavy atom. The van der Waals surface area contributed by atoms with E-state index < -0.39 is 0 Å². The molecule has 2 aliphatic rings. The predicted molar refractivity (Wildman–Crippen MR) is 117 cm³/mol. The smallest absolute Gasteiger partial charge is 0.409 e. The molecule has 2 aromatic carbocycles. The van der Waals surface area contributed by atoms with E-state index in [0.29, 0.717) is 19.7 Å². The van der Waals surface area contributed by atoms with E-state index in [1.807, 2.05) is 42.2 Å². The SMILES string of the molecule is CCOC(=O)N1CCC(N2C(=O)c3ccccc3C2Nc2cccc(C)c2C)CC1. The highest BCUT2D eigenvalue weighted by atomic mass is 16.6. The summed E-state index contributed by atoms with van der Waals surface area (Å²) in [5, 5.41) is 3.64. The highest BCUT2D eigenvalue weighted by Gasteiger charge is 2.42. The van der Waals surface area contributed by atoms with Crippen LogP contribution in [0.15, 0.2) is 42.5 Å². The number of benzene rings is 2. The third-order valence-corrected chi connectivity index (χ3v) is 6.28. The summed E-state index contributed by atoms with van der Waals surface area (Å²) in [4.78, 5) is 29.1. The molecule has 4 rings (SSSR count). The van der Waals surface area contributed by atoms with Crippen LogP contribution >= 0.6 is 0 Å². The number of fused-ring (bicyclic) bond motifs is 1. The number of carbonyl (C=O) groups is 2. The van der Waals surface area contributed by atoms with Crippen LogP contribution < -0.4 is 5.32 Å². The minimum atomic E-state index is -0.267. The van der Waals surface area contributed by atoms with Crippen molar-refractivity contribution < 1.29 is 14.3 Å². The Morgan fingerprint density at radius 1 is 1.10 bits per heavy atom. The van der Waals surface area contributed by atoms with Crippen molar-refractivity contribution in [3.63, 3.8) is 0 Å². The van der Waals surface area contributed by atoms with Crippen LogP contribution in [-0.2, 0) is 4.74 Å². The zero-order chi connectivity index (χ0) is 21.3. The average Bonchev–Trinajstić information content (AvgIpc) is 3.03. The number of ether oxygens (including phenoxy) is 1. The van der Waals surface area contributed by atoms with Crippen LogP contribution in [0.25, 0.3) is 0 Å². The van der Waals surface area contributed by atoms with Crippen molar-refractivity contribution in [1.82, 2.24) is 9.80 Å². The van der Waals surface area contributed by atoms with E-state index in [1.54, 1.807) is 4.90 Å². The third-order valence-electron chi connectivity index (χ3n) is 6.28. The molecule has 2 heterocycles. The number of nitrogens with zero attached hydrogens (tertiary/aromatic N) is 2. The highest BCUT2D eigenvalue weighted by molar-refractivity contribution is 5.99. The zero-order valence-corrected chi connectivity index (χ0v) is 17.9. The van der Waals surface area contributed by atoms with Crippen molar-refractivity contribution in [2.24, 2.45) is 0 Å². The van der Waals surface area contributed by atoms with Crippen molar-refractivity contribution in [3.8, 4) is 0 Å². The number of hydrogen-bond donors (Lipinski definition) is 1. The number of aryl methyl sites for hydroxylation is 1. The second kappa shape index (κ2) is 8.38. The maximum Gasteiger partial charge on any atom is 0.409 e. The summed E-state index contributed by atoms with van der Waals surface area (Å²) >= 11 is 0. The zero-order valence-electron chi connectivity index (χ0n) is 17.9. The molecule has 0 radical (unpaired) electrons. The number of anilines is 1. The van der Waals surface area contributed by atoms with E-state index in [1.165, 1.54) is 11.1 Å². The molecule has 0 spiro atoms. The molecule has 0 bridgehead atoms. The number of likely N-dealkylation sites (tertiary alicyclic amines) is 1. The maximum atomic E-state index is 13.3. The normalized spacial score (nSPS) is 19.0. The topological polar surface area (TPSA) is 61.9 Å². The Balaban J connectivity index is 1.59. The highest BCUT2D eigenvalue weighted by Crippen LogP contribution is 2.38. The average molecular weight is 408 g/mol. The summed E-state index contributed by atoms with van der Waals surface area (Å²) in [6, 6.07) is 14.1. The van der Waals surface area contributed by atoms with Gasteiger partial charge in [-0.3, -0.25) is 4.79 Å². The molecule has 1 fully saturated rings. The molecule has 158 valence electrons. The number of rotatable bonds is 4. The van der Waals surface area contributed by atoms with Crippen LogP contribution in [0.2, 0.25) is 0 Å². The molecular formula is C24H29N3O3. The first-order valence-electron chi connectivity index (χ1n) is 10.7. The van der Waals surface area contributed by atoms with Gasteiger partial charge in [-0.05, 0) is 56.9 Å². The van der Waals surface area contributed by atoms with E-state index in [4.69, 9.17) is 4.74 Å². The monoisotopic (exact) mass is 407 g/mol. The molecule has 1 unspecified atom stereocenters. The standard InChI is InChI=1S/C24H29N3O3/c1-4-30-24(29)26-14-12-18(13-15-26)27-22(19-9-5-6-10-20(19)23(27)28)25-21-11-7-8-16(2)17(21)3/h5-11,18,22,25H,4,12-15H2,1-3H3. The molecule has 2 aromatic rings. The lowest BCUT2D eigenvalue weighted by Gasteiger charge is -2.39. The molecule has 6 nitrogen and oxygen atoms in total. The van der Waals surface area contributed by atoms with E-state index >= 15 is 0 Å². The molecule has 1 N–H and O–H groups in total. The lowest BCUT2D eigenvalue weighted by Crippen LogP contribution is -2.49. The second-order valence-corrected chi connectivity index (χ2v) is 8.01. The molecule has 6 heteroatoms. The minimum absolute atomic E-state index is 0.0583. The minimum Gasteiger partial charge on any atom is -0.450 e. The lowest BCUT2D eigenvalue weighted by atomic mass is 10.0. The second-order valence-electron chi connectivity index (χ2n) is 8.01. The quantitative estimate of drug-likeness (QED) is 0.811. The first kappa shape index (κ1) is 20.3. The Bertz CT molecular complexity index is 950. The molecule has 0 aliphatic carbocycles. The van der Waals surface area contributed by atoms with Gasteiger partial charge < -0.3 is 19.9 Å². The van der Waals surface area contributed by atoms with Gasteiger partial charge in [0.2, 0.25) is 0 Å². The van der Waals surface area contributed by atoms with Crippen LogP contribution in [0.3, 0.4) is 0 Å². The predicted octanol–water partition coefficient (Wildman–Crippen LogP) is 4.49. The van der Waals surface area contributed by atoms with E-state index in [2.05, 4.69) is 31.3 Å². The summed E-state index contributed by atoms with van der Waals surface area (Å²) in [6.45, 7) is 7.58. The van der Waals surface area contributed by atoms with Crippen LogP contribution in [0.5, 0.6) is 0 Å². The molecule has 2 aliphatic heterocycles. The molecule has 30 heavy (non-hydrogen) atoms. The van der Waals surface area contributed by atoms with Crippen LogP contribution in [0, 0.1) is 13.8 Å². The third kappa shape index (κ3) is 3.62. The van der Waals surface area contributed by atoms with Gasteiger partial charge in [-0.25, -0.2) is 4.79 Å². The Morgan fingerprint density at radius 3 is 2.57 bits per heavy atom. The summed E-state index contributed by atoms with van der Waals surface area (Å²) in [6.07, 6.45) is 0.998.